The predicted molar refractivity (Wildman–Crippen MR) is 84.3 cm³/mol. The van der Waals surface area contributed by atoms with E-state index < -0.39 is 20.0 Å². The summed E-state index contributed by atoms with van der Waals surface area (Å²) in [5.41, 5.74) is 2.17. The molecule has 5 heteroatoms. The summed E-state index contributed by atoms with van der Waals surface area (Å²) in [5.74, 6) is 0. The number of alkyl halides is 1. The van der Waals surface area contributed by atoms with Crippen LogP contribution in [0.3, 0.4) is 0 Å². The third kappa shape index (κ3) is 1.52. The molecule has 106 valence electrons. The van der Waals surface area contributed by atoms with Crippen molar-refractivity contribution >= 4 is 38.1 Å². The summed E-state index contributed by atoms with van der Waals surface area (Å²) in [7, 11) is -3.53. The molecular formula is C16H10Cl2O2S. The Hall–Kier alpha value is -1.29. The molecular weight excluding hydrogens is 327 g/mol. The lowest BCUT2D eigenvalue weighted by atomic mass is 9.81. The maximum Gasteiger partial charge on any atom is 0.187 e. The van der Waals surface area contributed by atoms with Gasteiger partial charge in [-0.3, -0.25) is 0 Å². The van der Waals surface area contributed by atoms with Gasteiger partial charge in [0.1, 0.15) is 10.1 Å². The first-order valence-corrected chi connectivity index (χ1v) is 8.77. The molecule has 0 aromatic heterocycles. The van der Waals surface area contributed by atoms with Crippen LogP contribution < -0.4 is 0 Å². The van der Waals surface area contributed by atoms with E-state index in [4.69, 9.17) is 23.2 Å². The lowest BCUT2D eigenvalue weighted by Crippen LogP contribution is -2.36. The Bertz CT molecular complexity index is 902. The number of fused-ring (bicyclic) bond motifs is 5. The second-order valence-corrected chi connectivity index (χ2v) is 8.27. The van der Waals surface area contributed by atoms with Gasteiger partial charge in [0, 0.05) is 5.03 Å². The van der Waals surface area contributed by atoms with Gasteiger partial charge >= 0.3 is 0 Å². The molecule has 1 aliphatic heterocycles. The fourth-order valence-electron chi connectivity index (χ4n) is 3.25. The van der Waals surface area contributed by atoms with Crippen LogP contribution in [0.4, 0.5) is 0 Å². The van der Waals surface area contributed by atoms with Crippen molar-refractivity contribution in [3.63, 3.8) is 0 Å². The maximum atomic E-state index is 12.8. The Morgan fingerprint density at radius 2 is 1.57 bits per heavy atom. The molecule has 0 saturated carbocycles. The summed E-state index contributed by atoms with van der Waals surface area (Å²) in [5, 5.41) is -0.435. The van der Waals surface area contributed by atoms with Crippen LogP contribution in [0.5, 0.6) is 0 Å². The number of rotatable bonds is 0. The Balaban J connectivity index is 2.17. The van der Waals surface area contributed by atoms with E-state index in [1.54, 1.807) is 24.3 Å². The zero-order valence-electron chi connectivity index (χ0n) is 10.8. The molecule has 0 radical (unpaired) electrons. The van der Waals surface area contributed by atoms with Crippen molar-refractivity contribution < 1.29 is 8.42 Å². The van der Waals surface area contributed by atoms with Crippen LogP contribution in [-0.2, 0) is 14.7 Å². The van der Waals surface area contributed by atoms with E-state index in [1.165, 1.54) is 0 Å². The van der Waals surface area contributed by atoms with Gasteiger partial charge in [-0.25, -0.2) is 8.42 Å². The third-order valence-corrected chi connectivity index (χ3v) is 7.41. The van der Waals surface area contributed by atoms with Gasteiger partial charge < -0.3 is 0 Å². The van der Waals surface area contributed by atoms with Gasteiger partial charge in [0.25, 0.3) is 0 Å². The molecule has 1 heterocycles. The van der Waals surface area contributed by atoms with Gasteiger partial charge in [-0.1, -0.05) is 54.1 Å². The van der Waals surface area contributed by atoms with Crippen LogP contribution in [0.25, 0.3) is 5.03 Å². The van der Waals surface area contributed by atoms with Crippen molar-refractivity contribution in [1.29, 1.82) is 0 Å². The van der Waals surface area contributed by atoms with Gasteiger partial charge in [0.15, 0.2) is 9.84 Å². The molecule has 0 N–H and O–H groups in total. The highest BCUT2D eigenvalue weighted by atomic mass is 35.5. The minimum Gasteiger partial charge on any atom is -0.223 e. The molecule has 4 rings (SSSR count). The fourth-order valence-corrected chi connectivity index (χ4v) is 6.49. The molecule has 1 aliphatic carbocycles. The van der Waals surface area contributed by atoms with Gasteiger partial charge in [-0.05, 0) is 28.8 Å². The zero-order chi connectivity index (χ0) is 14.8. The van der Waals surface area contributed by atoms with E-state index in [2.05, 4.69) is 0 Å². The molecule has 0 spiro atoms. The summed E-state index contributed by atoms with van der Waals surface area (Å²) < 4.78 is 25.6. The zero-order valence-corrected chi connectivity index (χ0v) is 13.1. The highest BCUT2D eigenvalue weighted by Gasteiger charge is 2.57. The van der Waals surface area contributed by atoms with Gasteiger partial charge in [0.05, 0.1) is 4.90 Å². The molecule has 0 amide bonds. The number of sulfone groups is 1. The van der Waals surface area contributed by atoms with E-state index in [0.717, 1.165) is 11.1 Å². The van der Waals surface area contributed by atoms with Crippen LogP contribution in [-0.4, -0.2) is 13.7 Å². The number of halogens is 2. The minimum atomic E-state index is -3.53. The Morgan fingerprint density at radius 3 is 2.33 bits per heavy atom. The SMILES string of the molecule is O=S1(=O)c2ccccc2C2(Cl)c3ccccc3C(Cl)=CC21. The van der Waals surface area contributed by atoms with E-state index in [0.29, 0.717) is 15.5 Å². The molecule has 0 saturated heterocycles. The highest BCUT2D eigenvalue weighted by molar-refractivity contribution is 7.92. The molecule has 2 unspecified atom stereocenters. The van der Waals surface area contributed by atoms with Crippen LogP contribution in [0.15, 0.2) is 59.5 Å². The van der Waals surface area contributed by atoms with Crippen LogP contribution in [0.2, 0.25) is 0 Å². The largest absolute Gasteiger partial charge is 0.223 e. The standard InChI is InChI=1S/C16H10Cl2O2S/c17-13-9-15-16(18,11-6-2-1-5-10(11)13)12-7-3-4-8-14(12)21(15,19)20/h1-9,15H. The average Bonchev–Trinajstić information content (AvgIpc) is 2.67. The normalized spacial score (nSPS) is 28.3. The third-order valence-electron chi connectivity index (χ3n) is 4.19. The Kier molecular flexibility index (Phi) is 2.63. The monoisotopic (exact) mass is 336 g/mol. The molecule has 0 bridgehead atoms. The summed E-state index contributed by atoms with van der Waals surface area (Å²) >= 11 is 13.2. The van der Waals surface area contributed by atoms with E-state index in [-0.39, 0.29) is 0 Å². The second kappa shape index (κ2) is 4.13. The number of hydrogen-bond acceptors (Lipinski definition) is 2. The van der Waals surface area contributed by atoms with Crippen molar-refractivity contribution in [2.75, 3.05) is 0 Å². The second-order valence-electron chi connectivity index (χ2n) is 5.23. The van der Waals surface area contributed by atoms with Crippen molar-refractivity contribution in [1.82, 2.24) is 0 Å². The molecule has 0 fully saturated rings. The van der Waals surface area contributed by atoms with Crippen molar-refractivity contribution in [3.8, 4) is 0 Å². The lowest BCUT2D eigenvalue weighted by molar-refractivity contribution is 0.587. The fraction of sp³-hybridized carbons (Fsp3) is 0.125. The average molecular weight is 337 g/mol. The highest BCUT2D eigenvalue weighted by Crippen LogP contribution is 2.57. The Labute approximate surface area is 132 Å². The first kappa shape index (κ1) is 13.4. The van der Waals surface area contributed by atoms with E-state index >= 15 is 0 Å². The minimum absolute atomic E-state index is 0.294. The van der Waals surface area contributed by atoms with E-state index in [1.807, 2.05) is 30.3 Å². The Morgan fingerprint density at radius 1 is 0.952 bits per heavy atom. The predicted octanol–water partition coefficient (Wildman–Crippen LogP) is 3.92. The smallest absolute Gasteiger partial charge is 0.187 e. The summed E-state index contributed by atoms with van der Waals surface area (Å²) in [6.07, 6.45) is 1.56. The lowest BCUT2D eigenvalue weighted by Gasteiger charge is -2.33. The van der Waals surface area contributed by atoms with Crippen LogP contribution in [0.1, 0.15) is 16.7 Å². The maximum absolute atomic E-state index is 12.8. The van der Waals surface area contributed by atoms with E-state index in [9.17, 15) is 8.42 Å². The van der Waals surface area contributed by atoms with Crippen LogP contribution >= 0.6 is 23.2 Å². The quantitative estimate of drug-likeness (QED) is 0.683. The van der Waals surface area contributed by atoms with Crippen molar-refractivity contribution in [2.45, 2.75) is 15.0 Å². The van der Waals surface area contributed by atoms with Crippen molar-refractivity contribution in [2.24, 2.45) is 0 Å². The summed E-state index contributed by atoms with van der Waals surface area (Å²) in [4.78, 5) is -0.813. The number of hydrogen-bond donors (Lipinski definition) is 0. The first-order chi connectivity index (χ1) is 9.97. The van der Waals surface area contributed by atoms with Gasteiger partial charge in [0.2, 0.25) is 0 Å². The molecule has 2 aromatic rings. The van der Waals surface area contributed by atoms with Crippen LogP contribution in [0, 0.1) is 0 Å². The molecule has 21 heavy (non-hydrogen) atoms. The summed E-state index contributed by atoms with van der Waals surface area (Å²) in [6, 6.07) is 14.3. The summed E-state index contributed by atoms with van der Waals surface area (Å²) in [6.45, 7) is 0. The molecule has 2 atom stereocenters. The van der Waals surface area contributed by atoms with Gasteiger partial charge in [-0.2, -0.15) is 0 Å². The molecule has 2 aromatic carbocycles. The topological polar surface area (TPSA) is 34.1 Å². The first-order valence-electron chi connectivity index (χ1n) is 6.47. The van der Waals surface area contributed by atoms with Crippen molar-refractivity contribution in [3.05, 3.63) is 71.3 Å². The molecule has 2 aliphatic rings. The van der Waals surface area contributed by atoms with Gasteiger partial charge in [-0.15, -0.1) is 11.6 Å². The number of benzene rings is 2. The molecule has 2 nitrogen and oxygen atoms in total.